The van der Waals surface area contributed by atoms with E-state index in [1.54, 1.807) is 8.61 Å². The van der Waals surface area contributed by atoms with E-state index in [0.29, 0.717) is 13.1 Å². The van der Waals surface area contributed by atoms with Crippen LogP contribution in [0.1, 0.15) is 17.5 Å². The highest BCUT2D eigenvalue weighted by atomic mass is 32.3. The van der Waals surface area contributed by atoms with E-state index in [4.69, 9.17) is 0 Å². The molecule has 24 heavy (non-hydrogen) atoms. The third-order valence-electron chi connectivity index (χ3n) is 4.22. The van der Waals surface area contributed by atoms with Crippen LogP contribution < -0.4 is 9.62 Å². The van der Waals surface area contributed by atoms with Crippen LogP contribution in [0.5, 0.6) is 0 Å². The summed E-state index contributed by atoms with van der Waals surface area (Å²) in [6.45, 7) is 4.03. The second kappa shape index (κ2) is 7.13. The molecule has 0 aromatic heterocycles. The summed E-state index contributed by atoms with van der Waals surface area (Å²) >= 11 is 0. The summed E-state index contributed by atoms with van der Waals surface area (Å²) < 4.78 is 25.6. The number of hydrogen-bond donors (Lipinski definition) is 3. The Labute approximate surface area is 145 Å². The van der Waals surface area contributed by atoms with Crippen molar-refractivity contribution in [3.8, 4) is 0 Å². The Hall–Kier alpha value is -1.57. The molecule has 2 aromatic rings. The Morgan fingerprint density at radius 3 is 2.67 bits per heavy atom. The number of rotatable bonds is 5. The molecule has 0 amide bonds. The van der Waals surface area contributed by atoms with Crippen molar-refractivity contribution in [1.29, 1.82) is 0 Å². The number of fused-ring (bicyclic) bond motifs is 1. The number of benzene rings is 2. The quantitative estimate of drug-likeness (QED) is 0.710. The van der Waals surface area contributed by atoms with Crippen molar-refractivity contribution in [2.75, 3.05) is 24.4 Å². The summed E-state index contributed by atoms with van der Waals surface area (Å²) in [4.78, 5) is 0. The van der Waals surface area contributed by atoms with Crippen LogP contribution in [0.3, 0.4) is 0 Å². The first kappa shape index (κ1) is 17.3. The zero-order valence-electron chi connectivity index (χ0n) is 14.1. The highest BCUT2D eigenvalue weighted by Gasteiger charge is 2.37. The zero-order valence-corrected chi connectivity index (χ0v) is 15.0. The third-order valence-corrected chi connectivity index (χ3v) is 6.12. The SMILES string of the molecule is CNCCCN1Cc2ccccc2N(c2cccc(C)c2)S1(O)O. The summed E-state index contributed by atoms with van der Waals surface area (Å²) in [5.74, 6) is 0. The first-order chi connectivity index (χ1) is 11.5. The molecule has 1 aliphatic heterocycles. The molecule has 1 heterocycles. The molecule has 5 nitrogen and oxygen atoms in total. The first-order valence-electron chi connectivity index (χ1n) is 8.17. The van der Waals surface area contributed by atoms with Crippen molar-refractivity contribution in [2.24, 2.45) is 0 Å². The van der Waals surface area contributed by atoms with Crippen LogP contribution in [-0.4, -0.2) is 33.5 Å². The molecule has 3 rings (SSSR count). The van der Waals surface area contributed by atoms with Gasteiger partial charge in [-0.3, -0.25) is 9.11 Å². The smallest absolute Gasteiger partial charge is 0.0686 e. The molecule has 0 aliphatic carbocycles. The van der Waals surface area contributed by atoms with E-state index in [1.807, 2.05) is 56.4 Å². The van der Waals surface area contributed by atoms with Crippen molar-refractivity contribution < 1.29 is 9.11 Å². The Balaban J connectivity index is 2.03. The fourth-order valence-corrected chi connectivity index (χ4v) is 4.79. The van der Waals surface area contributed by atoms with Gasteiger partial charge in [0.2, 0.25) is 0 Å². The highest BCUT2D eigenvalue weighted by Crippen LogP contribution is 2.58. The predicted octanol–water partition coefficient (Wildman–Crippen LogP) is 4.14. The van der Waals surface area contributed by atoms with Crippen LogP contribution in [0.15, 0.2) is 48.5 Å². The number of hydrogen-bond acceptors (Lipinski definition) is 5. The fourth-order valence-electron chi connectivity index (χ4n) is 3.04. The van der Waals surface area contributed by atoms with Crippen LogP contribution in [0.4, 0.5) is 11.4 Å². The molecule has 2 aromatic carbocycles. The van der Waals surface area contributed by atoms with E-state index < -0.39 is 11.0 Å². The highest BCUT2D eigenvalue weighted by molar-refractivity contribution is 8.23. The van der Waals surface area contributed by atoms with Crippen LogP contribution >= 0.6 is 11.0 Å². The van der Waals surface area contributed by atoms with Gasteiger partial charge in [0, 0.05) is 13.1 Å². The molecule has 1 aliphatic rings. The van der Waals surface area contributed by atoms with Gasteiger partial charge in [0.1, 0.15) is 0 Å². The molecule has 0 unspecified atom stereocenters. The first-order valence-corrected chi connectivity index (χ1v) is 9.63. The molecular formula is C18H25N3O2S. The molecule has 0 saturated carbocycles. The summed E-state index contributed by atoms with van der Waals surface area (Å²) in [7, 11) is -1.18. The molecule has 6 heteroatoms. The molecular weight excluding hydrogens is 322 g/mol. The average molecular weight is 347 g/mol. The Kier molecular flexibility index (Phi) is 5.12. The molecule has 0 bridgehead atoms. The summed E-state index contributed by atoms with van der Waals surface area (Å²) in [6.07, 6.45) is 0.857. The van der Waals surface area contributed by atoms with E-state index in [-0.39, 0.29) is 0 Å². The number of para-hydroxylation sites is 1. The summed E-state index contributed by atoms with van der Waals surface area (Å²) in [5.41, 5.74) is 3.87. The molecule has 0 saturated heterocycles. The van der Waals surface area contributed by atoms with E-state index >= 15 is 0 Å². The van der Waals surface area contributed by atoms with Crippen molar-refractivity contribution in [3.05, 3.63) is 59.7 Å². The fraction of sp³-hybridized carbons (Fsp3) is 0.333. The van der Waals surface area contributed by atoms with Crippen molar-refractivity contribution in [2.45, 2.75) is 19.9 Å². The van der Waals surface area contributed by atoms with E-state index in [2.05, 4.69) is 11.4 Å². The van der Waals surface area contributed by atoms with Gasteiger partial charge in [-0.1, -0.05) is 30.3 Å². The zero-order chi connectivity index (χ0) is 17.2. The lowest BCUT2D eigenvalue weighted by Gasteiger charge is -2.54. The molecule has 0 radical (unpaired) electrons. The minimum Gasteiger partial charge on any atom is -0.320 e. The third kappa shape index (κ3) is 3.29. The lowest BCUT2D eigenvalue weighted by molar-refractivity contribution is 0.331. The number of anilines is 2. The maximum absolute atomic E-state index is 11.1. The number of aryl methyl sites for hydroxylation is 1. The van der Waals surface area contributed by atoms with Crippen molar-refractivity contribution >= 4 is 22.3 Å². The minimum atomic E-state index is -3.09. The normalized spacial score (nSPS) is 18.2. The topological polar surface area (TPSA) is 59.0 Å². The van der Waals surface area contributed by atoms with Gasteiger partial charge in [0.05, 0.1) is 11.4 Å². The van der Waals surface area contributed by atoms with Gasteiger partial charge in [0.25, 0.3) is 0 Å². The predicted molar refractivity (Wildman–Crippen MR) is 102 cm³/mol. The van der Waals surface area contributed by atoms with Gasteiger partial charge < -0.3 is 5.32 Å². The maximum atomic E-state index is 11.1. The number of nitrogens with zero attached hydrogens (tertiary/aromatic N) is 2. The lowest BCUT2D eigenvalue weighted by atomic mass is 10.1. The molecule has 0 spiro atoms. The van der Waals surface area contributed by atoms with Crippen molar-refractivity contribution in [3.63, 3.8) is 0 Å². The summed E-state index contributed by atoms with van der Waals surface area (Å²) in [5, 5.41) is 3.11. The molecule has 130 valence electrons. The van der Waals surface area contributed by atoms with Gasteiger partial charge in [-0.2, -0.15) is 4.31 Å². The van der Waals surface area contributed by atoms with Gasteiger partial charge in [-0.15, -0.1) is 0 Å². The molecule has 3 N–H and O–H groups in total. The van der Waals surface area contributed by atoms with E-state index in [0.717, 1.165) is 35.5 Å². The second-order valence-electron chi connectivity index (χ2n) is 6.07. The lowest BCUT2D eigenvalue weighted by Crippen LogP contribution is -2.42. The van der Waals surface area contributed by atoms with E-state index in [9.17, 15) is 9.11 Å². The largest absolute Gasteiger partial charge is 0.320 e. The molecule has 0 atom stereocenters. The van der Waals surface area contributed by atoms with Crippen LogP contribution in [0.25, 0.3) is 0 Å². The second-order valence-corrected chi connectivity index (χ2v) is 7.93. The standard InChI is InChI=1S/C18H25N3O2S/c1-15-7-5-9-17(13-15)21-18-10-4-3-8-16(18)14-20(24(21,22)23)12-6-11-19-2/h3-5,7-10,13,19,22-23H,6,11-12,14H2,1-2H3. The Bertz CT molecular complexity index is 708. The van der Waals surface area contributed by atoms with Gasteiger partial charge >= 0.3 is 0 Å². The average Bonchev–Trinajstić information content (AvgIpc) is 2.55. The van der Waals surface area contributed by atoms with E-state index in [1.165, 1.54) is 0 Å². The molecule has 0 fully saturated rings. The maximum Gasteiger partial charge on any atom is 0.0686 e. The van der Waals surface area contributed by atoms with Crippen LogP contribution in [0, 0.1) is 6.92 Å². The van der Waals surface area contributed by atoms with Gasteiger partial charge in [-0.05, 0) is 67.2 Å². The number of nitrogens with one attached hydrogen (secondary N) is 1. The summed E-state index contributed by atoms with van der Waals surface area (Å²) in [6, 6.07) is 15.8. The Morgan fingerprint density at radius 1 is 1.12 bits per heavy atom. The Morgan fingerprint density at radius 2 is 1.92 bits per heavy atom. The monoisotopic (exact) mass is 347 g/mol. The van der Waals surface area contributed by atoms with Gasteiger partial charge in [0.15, 0.2) is 0 Å². The minimum absolute atomic E-state index is 0.546. The van der Waals surface area contributed by atoms with Crippen LogP contribution in [-0.2, 0) is 6.54 Å². The van der Waals surface area contributed by atoms with Gasteiger partial charge in [-0.25, -0.2) is 4.31 Å². The van der Waals surface area contributed by atoms with Crippen LogP contribution in [0.2, 0.25) is 0 Å². The van der Waals surface area contributed by atoms with Crippen molar-refractivity contribution in [1.82, 2.24) is 9.62 Å².